The van der Waals surface area contributed by atoms with Gasteiger partial charge in [0.2, 0.25) is 0 Å². The average molecular weight is 314 g/mol. The Labute approximate surface area is 127 Å². The summed E-state index contributed by atoms with van der Waals surface area (Å²) in [6.45, 7) is 0. The molecule has 3 heterocycles. The molecule has 4 nitrogen and oxygen atoms in total. The maximum absolute atomic E-state index is 13.7. The van der Waals surface area contributed by atoms with Gasteiger partial charge in [-0.25, -0.2) is 18.7 Å². The number of aromatic amines is 1. The van der Waals surface area contributed by atoms with Crippen LogP contribution in [-0.2, 0) is 0 Å². The van der Waals surface area contributed by atoms with E-state index in [0.29, 0.717) is 11.3 Å². The van der Waals surface area contributed by atoms with Crippen molar-refractivity contribution < 1.29 is 8.78 Å². The first-order valence-corrected chi connectivity index (χ1v) is 7.24. The molecular weight excluding hydrogens is 306 g/mol. The Bertz CT molecular complexity index is 962. The summed E-state index contributed by atoms with van der Waals surface area (Å²) >= 11 is 1.42. The molecular formula is C15H8F2N4S. The fourth-order valence-corrected chi connectivity index (χ4v) is 3.01. The number of imidazole rings is 1. The van der Waals surface area contributed by atoms with Gasteiger partial charge in [-0.15, -0.1) is 11.3 Å². The smallest absolute Gasteiger partial charge is 0.186 e. The van der Waals surface area contributed by atoms with Crippen molar-refractivity contribution in [1.82, 2.24) is 19.9 Å². The second kappa shape index (κ2) is 4.96. The van der Waals surface area contributed by atoms with Gasteiger partial charge in [0.1, 0.15) is 16.3 Å². The first-order valence-electron chi connectivity index (χ1n) is 6.43. The van der Waals surface area contributed by atoms with Crippen LogP contribution in [0.4, 0.5) is 8.78 Å². The van der Waals surface area contributed by atoms with Crippen LogP contribution in [-0.4, -0.2) is 19.9 Å². The number of aromatic nitrogens is 4. The summed E-state index contributed by atoms with van der Waals surface area (Å²) in [5.41, 5.74) is 1.39. The van der Waals surface area contributed by atoms with Gasteiger partial charge in [0, 0.05) is 24.2 Å². The zero-order valence-electron chi connectivity index (χ0n) is 11.0. The maximum atomic E-state index is 13.7. The molecule has 0 saturated carbocycles. The lowest BCUT2D eigenvalue weighted by Crippen LogP contribution is -1.84. The summed E-state index contributed by atoms with van der Waals surface area (Å²) in [5.74, 6) is -1.39. The number of nitrogens with one attached hydrogen (secondary N) is 1. The molecule has 22 heavy (non-hydrogen) atoms. The molecule has 3 aromatic heterocycles. The van der Waals surface area contributed by atoms with E-state index in [4.69, 9.17) is 0 Å². The number of halogens is 2. The Hall–Kier alpha value is -2.67. The van der Waals surface area contributed by atoms with Crippen LogP contribution in [0, 0.1) is 11.6 Å². The molecule has 0 bridgehead atoms. The zero-order chi connectivity index (χ0) is 15.1. The van der Waals surface area contributed by atoms with Crippen molar-refractivity contribution in [3.05, 3.63) is 54.5 Å². The van der Waals surface area contributed by atoms with E-state index < -0.39 is 11.6 Å². The van der Waals surface area contributed by atoms with E-state index in [-0.39, 0.29) is 5.52 Å². The molecule has 4 rings (SSSR count). The van der Waals surface area contributed by atoms with E-state index in [2.05, 4.69) is 19.9 Å². The van der Waals surface area contributed by atoms with Crippen LogP contribution < -0.4 is 0 Å². The number of thiazole rings is 1. The molecule has 0 saturated heterocycles. The Morgan fingerprint density at radius 3 is 2.68 bits per heavy atom. The molecule has 0 atom stereocenters. The monoisotopic (exact) mass is 314 g/mol. The van der Waals surface area contributed by atoms with E-state index in [9.17, 15) is 8.78 Å². The van der Waals surface area contributed by atoms with Crippen LogP contribution in [0.1, 0.15) is 0 Å². The number of nitrogens with zero attached hydrogens (tertiary/aromatic N) is 3. The Morgan fingerprint density at radius 1 is 1.05 bits per heavy atom. The summed E-state index contributed by atoms with van der Waals surface area (Å²) < 4.78 is 27.0. The van der Waals surface area contributed by atoms with Gasteiger partial charge >= 0.3 is 0 Å². The van der Waals surface area contributed by atoms with Crippen molar-refractivity contribution in [2.24, 2.45) is 0 Å². The highest BCUT2D eigenvalue weighted by molar-refractivity contribution is 7.18. The topological polar surface area (TPSA) is 54.5 Å². The van der Waals surface area contributed by atoms with Gasteiger partial charge in [0.25, 0.3) is 0 Å². The minimum absolute atomic E-state index is 0.00568. The first-order chi connectivity index (χ1) is 10.7. The lowest BCUT2D eigenvalue weighted by Gasteiger charge is -1.92. The van der Waals surface area contributed by atoms with E-state index in [0.717, 1.165) is 21.5 Å². The van der Waals surface area contributed by atoms with Gasteiger partial charge in [0.15, 0.2) is 11.6 Å². The molecule has 7 heteroatoms. The lowest BCUT2D eigenvalue weighted by atomic mass is 10.3. The predicted molar refractivity (Wildman–Crippen MR) is 80.3 cm³/mol. The van der Waals surface area contributed by atoms with Crippen molar-refractivity contribution in [3.63, 3.8) is 0 Å². The highest BCUT2D eigenvalue weighted by Crippen LogP contribution is 2.31. The third kappa shape index (κ3) is 2.06. The van der Waals surface area contributed by atoms with Crippen LogP contribution in [0.15, 0.2) is 42.9 Å². The van der Waals surface area contributed by atoms with Crippen molar-refractivity contribution in [3.8, 4) is 21.3 Å². The molecule has 0 unspecified atom stereocenters. The molecule has 0 radical (unpaired) electrons. The van der Waals surface area contributed by atoms with Crippen LogP contribution in [0.3, 0.4) is 0 Å². The number of benzene rings is 1. The van der Waals surface area contributed by atoms with Crippen molar-refractivity contribution in [2.75, 3.05) is 0 Å². The Morgan fingerprint density at radius 2 is 1.86 bits per heavy atom. The van der Waals surface area contributed by atoms with Gasteiger partial charge in [-0.05, 0) is 24.3 Å². The fourth-order valence-electron chi connectivity index (χ4n) is 2.15. The zero-order valence-corrected chi connectivity index (χ0v) is 11.9. The summed E-state index contributed by atoms with van der Waals surface area (Å²) in [6.07, 6.45) is 5.04. The van der Waals surface area contributed by atoms with Crippen LogP contribution in [0.5, 0.6) is 0 Å². The fraction of sp³-hybridized carbons (Fsp3) is 0. The number of H-pyrrole nitrogens is 1. The van der Waals surface area contributed by atoms with Crippen LogP contribution >= 0.6 is 11.3 Å². The number of fused-ring (bicyclic) bond motifs is 1. The van der Waals surface area contributed by atoms with Crippen molar-refractivity contribution in [2.45, 2.75) is 0 Å². The minimum Gasteiger partial charge on any atom is -0.337 e. The van der Waals surface area contributed by atoms with E-state index >= 15 is 0 Å². The second-order valence-corrected chi connectivity index (χ2v) is 5.64. The normalized spacial score (nSPS) is 11.2. The number of pyridine rings is 1. The summed E-state index contributed by atoms with van der Waals surface area (Å²) in [4.78, 5) is 16.2. The maximum Gasteiger partial charge on any atom is 0.186 e. The van der Waals surface area contributed by atoms with Gasteiger partial charge in [0.05, 0.1) is 10.4 Å². The van der Waals surface area contributed by atoms with Gasteiger partial charge in [-0.2, -0.15) is 0 Å². The molecule has 108 valence electrons. The molecule has 1 N–H and O–H groups in total. The van der Waals surface area contributed by atoms with Gasteiger partial charge in [-0.3, -0.25) is 4.98 Å². The molecule has 0 aliphatic rings. The van der Waals surface area contributed by atoms with E-state index in [1.807, 2.05) is 12.1 Å². The molecule has 0 aliphatic heterocycles. The second-order valence-electron chi connectivity index (χ2n) is 4.61. The van der Waals surface area contributed by atoms with Gasteiger partial charge in [-0.1, -0.05) is 0 Å². The van der Waals surface area contributed by atoms with Gasteiger partial charge < -0.3 is 4.98 Å². The van der Waals surface area contributed by atoms with Crippen LogP contribution in [0.2, 0.25) is 0 Å². The molecule has 4 aromatic rings. The van der Waals surface area contributed by atoms with Crippen LogP contribution in [0.25, 0.3) is 32.3 Å². The highest BCUT2D eigenvalue weighted by atomic mass is 32.1. The molecule has 1 aromatic carbocycles. The lowest BCUT2D eigenvalue weighted by molar-refractivity contribution is 0.515. The van der Waals surface area contributed by atoms with Crippen molar-refractivity contribution in [1.29, 1.82) is 0 Å². The summed E-state index contributed by atoms with van der Waals surface area (Å²) in [6, 6.07) is 6.26. The predicted octanol–water partition coefficient (Wildman–Crippen LogP) is 4.03. The van der Waals surface area contributed by atoms with Crippen molar-refractivity contribution >= 4 is 22.4 Å². The average Bonchev–Trinajstić information content (AvgIpc) is 3.19. The number of rotatable bonds is 2. The Kier molecular flexibility index (Phi) is 2.93. The van der Waals surface area contributed by atoms with E-state index in [1.165, 1.54) is 17.4 Å². The summed E-state index contributed by atoms with van der Waals surface area (Å²) in [5, 5.41) is 0.810. The number of hydrogen-bond donors (Lipinski definition) is 1. The SMILES string of the molecule is Fc1ccc2[nH]c(-c3cnc(-c4ccncc4)s3)nc2c1F. The number of hydrogen-bond acceptors (Lipinski definition) is 4. The molecule has 0 fully saturated rings. The third-order valence-corrected chi connectivity index (χ3v) is 4.27. The largest absolute Gasteiger partial charge is 0.337 e. The molecule has 0 aliphatic carbocycles. The Balaban J connectivity index is 1.80. The van der Waals surface area contributed by atoms with E-state index in [1.54, 1.807) is 18.6 Å². The quantitative estimate of drug-likeness (QED) is 0.608. The minimum atomic E-state index is -0.945. The first kappa shape index (κ1) is 13.0. The molecule has 0 amide bonds. The molecule has 0 spiro atoms. The highest BCUT2D eigenvalue weighted by Gasteiger charge is 2.15. The summed E-state index contributed by atoms with van der Waals surface area (Å²) in [7, 11) is 0. The standard InChI is InChI=1S/C15H8F2N4S/c16-9-1-2-10-13(12(9)17)21-14(20-10)11-7-19-15(22-11)8-3-5-18-6-4-8/h1-7H,(H,20,21). The third-order valence-electron chi connectivity index (χ3n) is 3.21.